The summed E-state index contributed by atoms with van der Waals surface area (Å²) in [6, 6.07) is 7.08. The van der Waals surface area contributed by atoms with E-state index < -0.39 is 0 Å². The first-order chi connectivity index (χ1) is 9.06. The maximum absolute atomic E-state index is 11.9. The number of hydrogen-bond acceptors (Lipinski definition) is 2. The molecule has 0 fully saturated rings. The van der Waals surface area contributed by atoms with Gasteiger partial charge in [0, 0.05) is 0 Å². The lowest BCUT2D eigenvalue weighted by Crippen LogP contribution is -2.06. The number of esters is 1. The SMILES string of the molecule is C=Cc1cc2cc(Cl)c(Cl)cc2cc1C(=O)OCC. The van der Waals surface area contributed by atoms with Crippen LogP contribution in [0, 0.1) is 0 Å². The molecule has 0 heterocycles. The van der Waals surface area contributed by atoms with E-state index in [-0.39, 0.29) is 5.97 Å². The fourth-order valence-electron chi connectivity index (χ4n) is 1.87. The van der Waals surface area contributed by atoms with Crippen LogP contribution < -0.4 is 0 Å². The molecule has 0 saturated heterocycles. The van der Waals surface area contributed by atoms with Gasteiger partial charge in [0.1, 0.15) is 0 Å². The molecule has 0 aliphatic rings. The van der Waals surface area contributed by atoms with Gasteiger partial charge in [-0.05, 0) is 47.5 Å². The van der Waals surface area contributed by atoms with Crippen LogP contribution in [0.2, 0.25) is 10.0 Å². The van der Waals surface area contributed by atoms with Crippen molar-refractivity contribution in [2.75, 3.05) is 6.61 Å². The van der Waals surface area contributed by atoms with Gasteiger partial charge < -0.3 is 4.74 Å². The minimum absolute atomic E-state index is 0.328. The molecule has 98 valence electrons. The molecule has 2 nitrogen and oxygen atoms in total. The molecule has 0 aliphatic heterocycles. The summed E-state index contributed by atoms with van der Waals surface area (Å²) in [6.45, 7) is 5.81. The predicted molar refractivity (Wildman–Crippen MR) is 80.0 cm³/mol. The lowest BCUT2D eigenvalue weighted by atomic mass is 10.0. The van der Waals surface area contributed by atoms with Gasteiger partial charge in [-0.25, -0.2) is 4.79 Å². The number of carbonyl (C=O) groups is 1. The van der Waals surface area contributed by atoms with Crippen LogP contribution in [0.25, 0.3) is 16.8 Å². The molecule has 4 heteroatoms. The molecule has 2 aromatic rings. The fourth-order valence-corrected chi connectivity index (χ4v) is 2.21. The summed E-state index contributed by atoms with van der Waals surface area (Å²) < 4.78 is 5.03. The van der Waals surface area contributed by atoms with Crippen molar-refractivity contribution in [2.45, 2.75) is 6.92 Å². The Morgan fingerprint density at radius 1 is 1.21 bits per heavy atom. The summed E-state index contributed by atoms with van der Waals surface area (Å²) in [5.41, 5.74) is 1.19. The minimum Gasteiger partial charge on any atom is -0.462 e. The molecule has 0 N–H and O–H groups in total. The highest BCUT2D eigenvalue weighted by Gasteiger charge is 2.13. The molecular formula is C15H12Cl2O2. The largest absolute Gasteiger partial charge is 0.462 e. The Morgan fingerprint density at radius 3 is 2.32 bits per heavy atom. The molecule has 2 rings (SSSR count). The van der Waals surface area contributed by atoms with Crippen LogP contribution >= 0.6 is 23.2 Å². The smallest absolute Gasteiger partial charge is 0.338 e. The molecular weight excluding hydrogens is 283 g/mol. The molecule has 0 aromatic heterocycles. The maximum Gasteiger partial charge on any atom is 0.338 e. The third kappa shape index (κ3) is 2.75. The number of fused-ring (bicyclic) bond motifs is 1. The Balaban J connectivity index is 2.67. The summed E-state index contributed by atoms with van der Waals surface area (Å²) in [6.07, 6.45) is 1.62. The lowest BCUT2D eigenvalue weighted by molar-refractivity contribution is 0.0526. The molecule has 2 aromatic carbocycles. The Labute approximate surface area is 121 Å². The number of hydrogen-bond donors (Lipinski definition) is 0. The number of rotatable bonds is 3. The fraction of sp³-hybridized carbons (Fsp3) is 0.133. The monoisotopic (exact) mass is 294 g/mol. The van der Waals surface area contributed by atoms with Crippen molar-refractivity contribution in [3.05, 3.63) is 52.0 Å². The van der Waals surface area contributed by atoms with Crippen LogP contribution in [0.4, 0.5) is 0 Å². The summed E-state index contributed by atoms with van der Waals surface area (Å²) in [7, 11) is 0. The lowest BCUT2D eigenvalue weighted by Gasteiger charge is -2.09. The molecule has 0 radical (unpaired) electrons. The zero-order valence-electron chi connectivity index (χ0n) is 10.4. The van der Waals surface area contributed by atoms with Crippen molar-refractivity contribution in [1.82, 2.24) is 0 Å². The van der Waals surface area contributed by atoms with Crippen molar-refractivity contribution in [2.24, 2.45) is 0 Å². The average Bonchev–Trinajstić information content (AvgIpc) is 2.39. The van der Waals surface area contributed by atoms with E-state index in [1.807, 2.05) is 6.07 Å². The molecule has 0 spiro atoms. The van der Waals surface area contributed by atoms with Crippen LogP contribution in [-0.2, 0) is 4.74 Å². The van der Waals surface area contributed by atoms with Crippen LogP contribution in [0.15, 0.2) is 30.8 Å². The standard InChI is InChI=1S/C15H12Cl2O2/c1-3-9-5-10-7-13(16)14(17)8-11(10)6-12(9)15(18)19-4-2/h3,5-8H,1,4H2,2H3. The Kier molecular flexibility index (Phi) is 4.13. The minimum atomic E-state index is -0.370. The zero-order chi connectivity index (χ0) is 14.0. The number of benzene rings is 2. The Bertz CT molecular complexity index is 663. The van der Waals surface area contributed by atoms with Gasteiger partial charge in [-0.1, -0.05) is 35.9 Å². The summed E-state index contributed by atoms with van der Waals surface area (Å²) in [5, 5.41) is 2.67. The molecule has 0 saturated carbocycles. The number of ether oxygens (including phenoxy) is 1. The van der Waals surface area contributed by atoms with Crippen molar-refractivity contribution in [3.63, 3.8) is 0 Å². The Hall–Kier alpha value is -1.51. The Morgan fingerprint density at radius 2 is 1.79 bits per heavy atom. The third-order valence-electron chi connectivity index (χ3n) is 2.76. The molecule has 0 bridgehead atoms. The summed E-state index contributed by atoms with van der Waals surface area (Å²) >= 11 is 12.0. The maximum atomic E-state index is 11.9. The normalized spacial score (nSPS) is 10.5. The third-order valence-corrected chi connectivity index (χ3v) is 3.49. The van der Waals surface area contributed by atoms with Gasteiger partial charge in [0.2, 0.25) is 0 Å². The average molecular weight is 295 g/mol. The second-order valence-electron chi connectivity index (χ2n) is 3.98. The van der Waals surface area contributed by atoms with E-state index in [0.717, 1.165) is 10.8 Å². The summed E-state index contributed by atoms with van der Waals surface area (Å²) in [5.74, 6) is -0.370. The highest BCUT2D eigenvalue weighted by molar-refractivity contribution is 6.42. The molecule has 0 atom stereocenters. The topological polar surface area (TPSA) is 26.3 Å². The van der Waals surface area contributed by atoms with Crippen molar-refractivity contribution < 1.29 is 9.53 Å². The van der Waals surface area contributed by atoms with Crippen molar-refractivity contribution in [1.29, 1.82) is 0 Å². The van der Waals surface area contributed by atoms with Gasteiger partial charge in [-0.3, -0.25) is 0 Å². The quantitative estimate of drug-likeness (QED) is 0.747. The van der Waals surface area contributed by atoms with Crippen LogP contribution in [-0.4, -0.2) is 12.6 Å². The number of halogens is 2. The van der Waals surface area contributed by atoms with Gasteiger partial charge in [-0.2, -0.15) is 0 Å². The molecule has 0 aliphatic carbocycles. The first kappa shape index (κ1) is 13.9. The van der Waals surface area contributed by atoms with Crippen LogP contribution in [0.1, 0.15) is 22.8 Å². The van der Waals surface area contributed by atoms with E-state index in [2.05, 4.69) is 6.58 Å². The first-order valence-corrected chi connectivity index (χ1v) is 6.54. The van der Waals surface area contributed by atoms with Crippen molar-refractivity contribution >= 4 is 46.0 Å². The van der Waals surface area contributed by atoms with E-state index in [1.54, 1.807) is 31.2 Å². The van der Waals surface area contributed by atoms with Gasteiger partial charge in [-0.15, -0.1) is 0 Å². The van der Waals surface area contributed by atoms with E-state index in [0.29, 0.717) is 27.8 Å². The second-order valence-corrected chi connectivity index (χ2v) is 4.79. The molecule has 0 amide bonds. The number of carbonyl (C=O) groups excluding carboxylic acids is 1. The van der Waals surface area contributed by atoms with E-state index >= 15 is 0 Å². The van der Waals surface area contributed by atoms with E-state index in [4.69, 9.17) is 27.9 Å². The van der Waals surface area contributed by atoms with Crippen LogP contribution in [0.5, 0.6) is 0 Å². The highest BCUT2D eigenvalue weighted by Crippen LogP contribution is 2.30. The van der Waals surface area contributed by atoms with Gasteiger partial charge in [0.05, 0.1) is 22.2 Å². The second kappa shape index (κ2) is 5.64. The predicted octanol–water partition coefficient (Wildman–Crippen LogP) is 4.97. The van der Waals surface area contributed by atoms with Gasteiger partial charge >= 0.3 is 5.97 Å². The zero-order valence-corrected chi connectivity index (χ0v) is 11.9. The van der Waals surface area contributed by atoms with Crippen molar-refractivity contribution in [3.8, 4) is 0 Å². The van der Waals surface area contributed by atoms with E-state index in [9.17, 15) is 4.79 Å². The first-order valence-electron chi connectivity index (χ1n) is 5.79. The molecule has 0 unspecified atom stereocenters. The van der Waals surface area contributed by atoms with Gasteiger partial charge in [0.15, 0.2) is 0 Å². The molecule has 19 heavy (non-hydrogen) atoms. The highest BCUT2D eigenvalue weighted by atomic mass is 35.5. The van der Waals surface area contributed by atoms with Crippen LogP contribution in [0.3, 0.4) is 0 Å². The van der Waals surface area contributed by atoms with E-state index in [1.165, 1.54) is 0 Å². The van der Waals surface area contributed by atoms with Gasteiger partial charge in [0.25, 0.3) is 0 Å². The summed E-state index contributed by atoms with van der Waals surface area (Å²) in [4.78, 5) is 11.9.